The summed E-state index contributed by atoms with van der Waals surface area (Å²) in [5, 5.41) is 7.69. The Balaban J connectivity index is 1.90. The van der Waals surface area contributed by atoms with Crippen molar-refractivity contribution in [3.05, 3.63) is 58.9 Å². The average molecular weight is 436 g/mol. The molecule has 0 fully saturated rings. The van der Waals surface area contributed by atoms with Gasteiger partial charge in [-0.2, -0.15) is 0 Å². The van der Waals surface area contributed by atoms with Gasteiger partial charge in [-0.25, -0.2) is 9.18 Å². The predicted octanol–water partition coefficient (Wildman–Crippen LogP) is 4.58. The topological polar surface area (TPSA) is 96.5 Å². The number of amides is 3. The second kappa shape index (κ2) is 10.1. The summed E-state index contributed by atoms with van der Waals surface area (Å²) in [6.07, 6.45) is -0.576. The van der Waals surface area contributed by atoms with Gasteiger partial charge < -0.3 is 20.7 Å². The molecular weight excluding hydrogens is 413 g/mol. The van der Waals surface area contributed by atoms with Crippen LogP contribution in [-0.4, -0.2) is 30.1 Å². The van der Waals surface area contributed by atoms with E-state index in [1.165, 1.54) is 18.2 Å². The van der Waals surface area contributed by atoms with Crippen LogP contribution in [0, 0.1) is 5.82 Å². The standard InChI is InChI=1S/C21H23ClFN3O4/c1-21(2,3)30-20(29)24-11-10-17(27)25-13-6-4-7-14(12-13)26-19(28)18-15(22)8-5-9-16(18)23/h4-9,12H,10-11H2,1-3H3,(H,24,29)(H,25,27)(H,26,28). The van der Waals surface area contributed by atoms with E-state index in [1.54, 1.807) is 39.0 Å². The van der Waals surface area contributed by atoms with Crippen LogP contribution in [0.4, 0.5) is 20.6 Å². The Morgan fingerprint density at radius 2 is 1.67 bits per heavy atom. The molecule has 0 aliphatic carbocycles. The molecule has 9 heteroatoms. The molecule has 3 N–H and O–H groups in total. The summed E-state index contributed by atoms with van der Waals surface area (Å²) in [6.45, 7) is 5.32. The van der Waals surface area contributed by atoms with Crippen LogP contribution < -0.4 is 16.0 Å². The summed E-state index contributed by atoms with van der Waals surface area (Å²) < 4.78 is 19.0. The van der Waals surface area contributed by atoms with Gasteiger partial charge in [0, 0.05) is 24.3 Å². The van der Waals surface area contributed by atoms with Crippen molar-refractivity contribution in [2.24, 2.45) is 0 Å². The molecule has 7 nitrogen and oxygen atoms in total. The van der Waals surface area contributed by atoms with Crippen LogP contribution in [0.1, 0.15) is 37.6 Å². The summed E-state index contributed by atoms with van der Waals surface area (Å²) in [5.41, 5.74) is -0.107. The number of anilines is 2. The maximum atomic E-state index is 13.9. The van der Waals surface area contributed by atoms with Crippen molar-refractivity contribution in [1.82, 2.24) is 5.32 Å². The highest BCUT2D eigenvalue weighted by Crippen LogP contribution is 2.22. The lowest BCUT2D eigenvalue weighted by atomic mass is 10.2. The van der Waals surface area contributed by atoms with Crippen molar-refractivity contribution < 1.29 is 23.5 Å². The fourth-order valence-corrected chi connectivity index (χ4v) is 2.65. The normalized spacial score (nSPS) is 10.8. The number of ether oxygens (including phenoxy) is 1. The Kier molecular flexibility index (Phi) is 7.77. The first-order valence-corrected chi connectivity index (χ1v) is 9.55. The van der Waals surface area contributed by atoms with E-state index in [2.05, 4.69) is 16.0 Å². The fourth-order valence-electron chi connectivity index (χ4n) is 2.40. The molecule has 0 aliphatic heterocycles. The van der Waals surface area contributed by atoms with Gasteiger partial charge in [0.15, 0.2) is 0 Å². The van der Waals surface area contributed by atoms with Gasteiger partial charge in [-0.1, -0.05) is 23.7 Å². The van der Waals surface area contributed by atoms with Crippen LogP contribution in [0.3, 0.4) is 0 Å². The van der Waals surface area contributed by atoms with Crippen LogP contribution in [0.5, 0.6) is 0 Å². The van der Waals surface area contributed by atoms with Crippen molar-refractivity contribution in [2.75, 3.05) is 17.2 Å². The number of hydrogen-bond acceptors (Lipinski definition) is 4. The zero-order valence-corrected chi connectivity index (χ0v) is 17.6. The third-order valence-corrected chi connectivity index (χ3v) is 3.93. The molecule has 0 atom stereocenters. The molecule has 0 radical (unpaired) electrons. The van der Waals surface area contributed by atoms with E-state index in [0.717, 1.165) is 6.07 Å². The number of carbonyl (C=O) groups is 3. The first-order chi connectivity index (χ1) is 14.0. The van der Waals surface area contributed by atoms with Crippen molar-refractivity contribution in [2.45, 2.75) is 32.8 Å². The van der Waals surface area contributed by atoms with E-state index in [0.29, 0.717) is 11.4 Å². The van der Waals surface area contributed by atoms with E-state index in [-0.39, 0.29) is 29.5 Å². The van der Waals surface area contributed by atoms with Crippen LogP contribution in [-0.2, 0) is 9.53 Å². The second-order valence-corrected chi connectivity index (χ2v) is 7.77. The molecule has 0 unspecified atom stereocenters. The first-order valence-electron chi connectivity index (χ1n) is 9.17. The molecular formula is C21H23ClFN3O4. The molecule has 2 aromatic rings. The molecule has 2 rings (SSSR count). The molecule has 0 aliphatic rings. The van der Waals surface area contributed by atoms with Crippen molar-refractivity contribution in [3.8, 4) is 0 Å². The number of halogens is 2. The van der Waals surface area contributed by atoms with Crippen LogP contribution >= 0.6 is 11.6 Å². The summed E-state index contributed by atoms with van der Waals surface area (Å²) in [6, 6.07) is 10.3. The number of rotatable bonds is 6. The lowest BCUT2D eigenvalue weighted by Crippen LogP contribution is -2.34. The van der Waals surface area contributed by atoms with Crippen molar-refractivity contribution >= 4 is 40.9 Å². The molecule has 30 heavy (non-hydrogen) atoms. The second-order valence-electron chi connectivity index (χ2n) is 7.36. The smallest absolute Gasteiger partial charge is 0.407 e. The highest BCUT2D eigenvalue weighted by Gasteiger charge is 2.17. The summed E-state index contributed by atoms with van der Waals surface area (Å²) in [7, 11) is 0. The Morgan fingerprint density at radius 3 is 2.30 bits per heavy atom. The molecule has 0 aromatic heterocycles. The maximum Gasteiger partial charge on any atom is 0.407 e. The predicted molar refractivity (Wildman–Crippen MR) is 113 cm³/mol. The number of carbonyl (C=O) groups excluding carboxylic acids is 3. The maximum absolute atomic E-state index is 13.9. The third kappa shape index (κ3) is 7.36. The zero-order chi connectivity index (χ0) is 22.3. The van der Waals surface area contributed by atoms with E-state index in [4.69, 9.17) is 16.3 Å². The van der Waals surface area contributed by atoms with Crippen molar-refractivity contribution in [1.29, 1.82) is 0 Å². The lowest BCUT2D eigenvalue weighted by Gasteiger charge is -2.19. The summed E-state index contributed by atoms with van der Waals surface area (Å²) in [4.78, 5) is 36.0. The Labute approximate surface area is 178 Å². The molecule has 0 heterocycles. The monoisotopic (exact) mass is 435 g/mol. The van der Waals surface area contributed by atoms with Gasteiger partial charge in [-0.05, 0) is 51.1 Å². The summed E-state index contributed by atoms with van der Waals surface area (Å²) >= 11 is 5.90. The number of alkyl carbamates (subject to hydrolysis) is 1. The summed E-state index contributed by atoms with van der Waals surface area (Å²) in [5.74, 6) is -1.78. The van der Waals surface area contributed by atoms with E-state index >= 15 is 0 Å². The third-order valence-electron chi connectivity index (χ3n) is 3.61. The van der Waals surface area contributed by atoms with E-state index in [9.17, 15) is 18.8 Å². The molecule has 2 aromatic carbocycles. The largest absolute Gasteiger partial charge is 0.444 e. The van der Waals surface area contributed by atoms with Gasteiger partial charge in [-0.15, -0.1) is 0 Å². The van der Waals surface area contributed by atoms with Crippen LogP contribution in [0.2, 0.25) is 5.02 Å². The minimum Gasteiger partial charge on any atom is -0.444 e. The Bertz CT molecular complexity index is 924. The van der Waals surface area contributed by atoms with Gasteiger partial charge in [0.25, 0.3) is 5.91 Å². The molecule has 0 bridgehead atoms. The van der Waals surface area contributed by atoms with Gasteiger partial charge in [-0.3, -0.25) is 9.59 Å². The van der Waals surface area contributed by atoms with Gasteiger partial charge in [0.1, 0.15) is 11.4 Å². The minimum atomic E-state index is -0.734. The average Bonchev–Trinajstić information content (AvgIpc) is 2.60. The van der Waals surface area contributed by atoms with Gasteiger partial charge >= 0.3 is 6.09 Å². The molecule has 0 saturated heterocycles. The molecule has 0 spiro atoms. The molecule has 160 valence electrons. The number of benzene rings is 2. The SMILES string of the molecule is CC(C)(C)OC(=O)NCCC(=O)Nc1cccc(NC(=O)c2c(F)cccc2Cl)c1. The number of hydrogen-bond donors (Lipinski definition) is 3. The molecule has 0 saturated carbocycles. The Morgan fingerprint density at radius 1 is 1.03 bits per heavy atom. The van der Waals surface area contributed by atoms with E-state index in [1.807, 2.05) is 0 Å². The van der Waals surface area contributed by atoms with Gasteiger partial charge in [0.2, 0.25) is 5.91 Å². The van der Waals surface area contributed by atoms with Crippen LogP contribution in [0.25, 0.3) is 0 Å². The van der Waals surface area contributed by atoms with E-state index < -0.39 is 23.4 Å². The quantitative estimate of drug-likeness (QED) is 0.618. The zero-order valence-electron chi connectivity index (χ0n) is 16.8. The lowest BCUT2D eigenvalue weighted by molar-refractivity contribution is -0.116. The molecule has 3 amide bonds. The fraction of sp³-hybridized carbons (Fsp3) is 0.286. The Hall–Kier alpha value is -3.13. The highest BCUT2D eigenvalue weighted by molar-refractivity contribution is 6.34. The highest BCUT2D eigenvalue weighted by atomic mass is 35.5. The number of nitrogens with one attached hydrogen (secondary N) is 3. The first kappa shape index (κ1) is 23.2. The van der Waals surface area contributed by atoms with Gasteiger partial charge in [0.05, 0.1) is 10.6 Å². The van der Waals surface area contributed by atoms with Crippen molar-refractivity contribution in [3.63, 3.8) is 0 Å². The minimum absolute atomic E-state index is 0.00514. The van der Waals surface area contributed by atoms with Crippen LogP contribution in [0.15, 0.2) is 42.5 Å².